The van der Waals surface area contributed by atoms with Gasteiger partial charge in [-0.25, -0.2) is 0 Å². The van der Waals surface area contributed by atoms with Gasteiger partial charge in [-0.1, -0.05) is 29.3 Å². The van der Waals surface area contributed by atoms with Gasteiger partial charge in [0.2, 0.25) is 0 Å². The predicted octanol–water partition coefficient (Wildman–Crippen LogP) is 5.56. The standard InChI is InChI=1S/C25H28Cl2N2O3/c1-17-14-23-19(15-22(17)31-2)25(30)18(16-32-23)6-3-4-9-28-10-12-29(13-11-28)21-8-5-7-20(26)24(21)27/h5,7-8,14-16H,3-4,6,9-13H2,1-2H3. The molecule has 0 N–H and O–H groups in total. The number of unbranched alkanes of at least 4 members (excludes halogenated alkanes) is 1. The Balaban J connectivity index is 1.28. The van der Waals surface area contributed by atoms with Gasteiger partial charge in [0.05, 0.1) is 34.5 Å². The maximum absolute atomic E-state index is 12.9. The van der Waals surface area contributed by atoms with Crippen molar-refractivity contribution >= 4 is 39.9 Å². The van der Waals surface area contributed by atoms with Crippen molar-refractivity contribution in [2.45, 2.75) is 26.2 Å². The number of nitrogens with zero attached hydrogens (tertiary/aromatic N) is 2. The maximum atomic E-state index is 12.9. The number of hydrogen-bond acceptors (Lipinski definition) is 5. The van der Waals surface area contributed by atoms with Gasteiger partial charge in [0.15, 0.2) is 5.43 Å². The molecule has 0 aliphatic carbocycles. The number of ether oxygens (including phenoxy) is 1. The third-order valence-electron chi connectivity index (χ3n) is 6.18. The van der Waals surface area contributed by atoms with E-state index in [4.69, 9.17) is 32.4 Å². The lowest BCUT2D eigenvalue weighted by atomic mass is 10.1. The van der Waals surface area contributed by atoms with Crippen molar-refractivity contribution in [3.05, 3.63) is 68.0 Å². The first kappa shape index (κ1) is 23.0. The van der Waals surface area contributed by atoms with Crippen LogP contribution in [-0.4, -0.2) is 44.7 Å². The maximum Gasteiger partial charge on any atom is 0.195 e. The number of methoxy groups -OCH3 is 1. The monoisotopic (exact) mass is 474 g/mol. The van der Waals surface area contributed by atoms with Gasteiger partial charge in [0, 0.05) is 31.7 Å². The third kappa shape index (κ3) is 4.90. The Morgan fingerprint density at radius 1 is 1.09 bits per heavy atom. The summed E-state index contributed by atoms with van der Waals surface area (Å²) in [6, 6.07) is 9.42. The van der Waals surface area contributed by atoms with E-state index in [1.165, 1.54) is 0 Å². The van der Waals surface area contributed by atoms with E-state index in [0.717, 1.165) is 62.4 Å². The zero-order valence-electron chi connectivity index (χ0n) is 18.5. The highest BCUT2D eigenvalue weighted by atomic mass is 35.5. The van der Waals surface area contributed by atoms with Gasteiger partial charge < -0.3 is 14.1 Å². The molecule has 2 aromatic carbocycles. The van der Waals surface area contributed by atoms with E-state index in [9.17, 15) is 4.79 Å². The number of aryl methyl sites for hydroxylation is 2. The molecule has 170 valence electrons. The Kier molecular flexibility index (Phi) is 7.29. The second-order valence-electron chi connectivity index (χ2n) is 8.27. The van der Waals surface area contributed by atoms with Crippen molar-refractivity contribution in [1.82, 2.24) is 4.90 Å². The van der Waals surface area contributed by atoms with E-state index in [1.807, 2.05) is 31.2 Å². The van der Waals surface area contributed by atoms with Crippen molar-refractivity contribution in [3.63, 3.8) is 0 Å². The van der Waals surface area contributed by atoms with Crippen LogP contribution in [0.15, 0.2) is 45.8 Å². The molecule has 1 aliphatic heterocycles. The Morgan fingerprint density at radius 2 is 1.88 bits per heavy atom. The molecular weight excluding hydrogens is 447 g/mol. The van der Waals surface area contributed by atoms with Crippen molar-refractivity contribution in [1.29, 1.82) is 0 Å². The minimum atomic E-state index is 0.0385. The summed E-state index contributed by atoms with van der Waals surface area (Å²) >= 11 is 12.5. The molecule has 2 heterocycles. The summed E-state index contributed by atoms with van der Waals surface area (Å²) in [5, 5.41) is 1.81. The van der Waals surface area contributed by atoms with Crippen molar-refractivity contribution in [2.75, 3.05) is 44.7 Å². The molecule has 0 spiro atoms. The van der Waals surface area contributed by atoms with E-state index in [-0.39, 0.29) is 5.43 Å². The lowest BCUT2D eigenvalue weighted by Crippen LogP contribution is -2.46. The van der Waals surface area contributed by atoms with E-state index in [0.29, 0.717) is 33.2 Å². The van der Waals surface area contributed by atoms with Crippen LogP contribution in [0.4, 0.5) is 5.69 Å². The van der Waals surface area contributed by atoms with Gasteiger partial charge in [0.1, 0.15) is 11.3 Å². The normalized spacial score (nSPS) is 14.8. The minimum Gasteiger partial charge on any atom is -0.496 e. The van der Waals surface area contributed by atoms with Gasteiger partial charge in [-0.3, -0.25) is 9.69 Å². The number of anilines is 1. The fraction of sp³-hybridized carbons (Fsp3) is 0.400. The number of halogens is 2. The van der Waals surface area contributed by atoms with Crippen LogP contribution in [0.25, 0.3) is 11.0 Å². The molecule has 0 saturated carbocycles. The molecule has 1 fully saturated rings. The van der Waals surface area contributed by atoms with Crippen molar-refractivity contribution in [3.8, 4) is 5.75 Å². The van der Waals surface area contributed by atoms with Gasteiger partial charge in [0.25, 0.3) is 0 Å². The molecule has 3 aromatic rings. The fourth-order valence-corrected chi connectivity index (χ4v) is 4.70. The summed E-state index contributed by atoms with van der Waals surface area (Å²) in [7, 11) is 1.61. The topological polar surface area (TPSA) is 45.9 Å². The highest BCUT2D eigenvalue weighted by Crippen LogP contribution is 2.33. The van der Waals surface area contributed by atoms with Crippen molar-refractivity contribution in [2.24, 2.45) is 0 Å². The number of fused-ring (bicyclic) bond motifs is 1. The zero-order chi connectivity index (χ0) is 22.7. The van der Waals surface area contributed by atoms with Crippen LogP contribution in [0.3, 0.4) is 0 Å². The average molecular weight is 475 g/mol. The summed E-state index contributed by atoms with van der Waals surface area (Å²) < 4.78 is 11.1. The SMILES string of the molecule is COc1cc2c(=O)c(CCCCN3CCN(c4cccc(Cl)c4Cl)CC3)coc2cc1C. The van der Waals surface area contributed by atoms with E-state index < -0.39 is 0 Å². The number of hydrogen-bond donors (Lipinski definition) is 0. The van der Waals surface area contributed by atoms with E-state index >= 15 is 0 Å². The first-order chi connectivity index (χ1) is 15.5. The quantitative estimate of drug-likeness (QED) is 0.419. The Morgan fingerprint density at radius 3 is 2.62 bits per heavy atom. The largest absolute Gasteiger partial charge is 0.496 e. The molecule has 4 rings (SSSR count). The van der Waals surface area contributed by atoms with Gasteiger partial charge >= 0.3 is 0 Å². The number of piperazine rings is 1. The van der Waals surface area contributed by atoms with Crippen LogP contribution >= 0.6 is 23.2 Å². The minimum absolute atomic E-state index is 0.0385. The molecule has 0 unspecified atom stereocenters. The molecule has 1 saturated heterocycles. The average Bonchev–Trinajstić information content (AvgIpc) is 2.80. The molecule has 1 aliphatic rings. The first-order valence-electron chi connectivity index (χ1n) is 11.0. The smallest absolute Gasteiger partial charge is 0.195 e. The second-order valence-corrected chi connectivity index (χ2v) is 9.05. The Labute approximate surface area is 198 Å². The zero-order valence-corrected chi connectivity index (χ0v) is 20.0. The number of benzene rings is 2. The summed E-state index contributed by atoms with van der Waals surface area (Å²) in [4.78, 5) is 17.6. The highest BCUT2D eigenvalue weighted by molar-refractivity contribution is 6.43. The Hall–Kier alpha value is -2.21. The highest BCUT2D eigenvalue weighted by Gasteiger charge is 2.19. The molecule has 1 aromatic heterocycles. The van der Waals surface area contributed by atoms with Crippen LogP contribution in [0.2, 0.25) is 10.0 Å². The predicted molar refractivity (Wildman–Crippen MR) is 132 cm³/mol. The van der Waals surface area contributed by atoms with Crippen LogP contribution in [0.1, 0.15) is 24.0 Å². The molecule has 32 heavy (non-hydrogen) atoms. The summed E-state index contributed by atoms with van der Waals surface area (Å²) in [6.07, 6.45) is 4.31. The van der Waals surface area contributed by atoms with E-state index in [1.54, 1.807) is 19.4 Å². The summed E-state index contributed by atoms with van der Waals surface area (Å²) in [6.45, 7) is 6.78. The first-order valence-corrected chi connectivity index (χ1v) is 11.7. The van der Waals surface area contributed by atoms with E-state index in [2.05, 4.69) is 9.80 Å². The van der Waals surface area contributed by atoms with Crippen molar-refractivity contribution < 1.29 is 9.15 Å². The fourth-order valence-electron chi connectivity index (χ4n) is 4.29. The molecule has 0 radical (unpaired) electrons. The van der Waals surface area contributed by atoms with Crippen LogP contribution < -0.4 is 15.1 Å². The summed E-state index contributed by atoms with van der Waals surface area (Å²) in [5.41, 5.74) is 3.33. The van der Waals surface area contributed by atoms with Crippen LogP contribution in [0, 0.1) is 6.92 Å². The molecule has 0 atom stereocenters. The van der Waals surface area contributed by atoms with Gasteiger partial charge in [-0.05, 0) is 62.6 Å². The third-order valence-corrected chi connectivity index (χ3v) is 6.99. The summed E-state index contributed by atoms with van der Waals surface area (Å²) in [5.74, 6) is 0.708. The van der Waals surface area contributed by atoms with Crippen LogP contribution in [-0.2, 0) is 6.42 Å². The molecule has 5 nitrogen and oxygen atoms in total. The van der Waals surface area contributed by atoms with Gasteiger partial charge in [-0.15, -0.1) is 0 Å². The van der Waals surface area contributed by atoms with Crippen LogP contribution in [0.5, 0.6) is 5.75 Å². The lowest BCUT2D eigenvalue weighted by molar-refractivity contribution is 0.253. The molecular formula is C25H28Cl2N2O3. The lowest BCUT2D eigenvalue weighted by Gasteiger charge is -2.36. The second kappa shape index (κ2) is 10.2. The molecule has 7 heteroatoms. The molecule has 0 amide bonds. The van der Waals surface area contributed by atoms with Gasteiger partial charge in [-0.2, -0.15) is 0 Å². The molecule has 0 bridgehead atoms. The Bertz CT molecular complexity index is 1150. The number of rotatable bonds is 7.